The van der Waals surface area contributed by atoms with Crippen molar-refractivity contribution in [2.45, 2.75) is 58.2 Å². The number of nitrogens with one attached hydrogen (secondary N) is 1. The number of hydrogen-bond donors (Lipinski definition) is 1. The number of rotatable bonds is 4. The molecule has 0 bridgehead atoms. The summed E-state index contributed by atoms with van der Waals surface area (Å²) in [4.78, 5) is 2.65. The van der Waals surface area contributed by atoms with Crippen LogP contribution in [0, 0.1) is 5.92 Å². The van der Waals surface area contributed by atoms with Crippen LogP contribution in [0.1, 0.15) is 45.1 Å². The van der Waals surface area contributed by atoms with Crippen molar-refractivity contribution in [3.63, 3.8) is 0 Å². The third-order valence-corrected chi connectivity index (χ3v) is 4.68. The molecule has 2 atom stereocenters. The highest BCUT2D eigenvalue weighted by Crippen LogP contribution is 2.36. The van der Waals surface area contributed by atoms with E-state index in [1.165, 1.54) is 43.5 Å². The van der Waals surface area contributed by atoms with Crippen molar-refractivity contribution in [2.75, 3.05) is 11.4 Å². The Morgan fingerprint density at radius 2 is 2.11 bits per heavy atom. The minimum atomic E-state index is 0.646. The van der Waals surface area contributed by atoms with Crippen LogP contribution in [-0.4, -0.2) is 18.6 Å². The van der Waals surface area contributed by atoms with Crippen LogP contribution >= 0.6 is 0 Å². The molecule has 0 spiro atoms. The number of hydrogen-bond acceptors (Lipinski definition) is 2. The molecule has 0 amide bonds. The summed E-state index contributed by atoms with van der Waals surface area (Å²) in [6.45, 7) is 6.89. The van der Waals surface area contributed by atoms with Gasteiger partial charge in [0.05, 0.1) is 0 Å². The van der Waals surface area contributed by atoms with Crippen molar-refractivity contribution in [2.24, 2.45) is 5.92 Å². The Morgan fingerprint density at radius 1 is 1.32 bits per heavy atom. The first-order valence-corrected chi connectivity index (χ1v) is 7.87. The molecule has 1 aromatic carbocycles. The molecule has 0 aromatic heterocycles. The minimum absolute atomic E-state index is 0.646. The molecule has 1 fully saturated rings. The molecule has 3 rings (SSSR count). The summed E-state index contributed by atoms with van der Waals surface area (Å²) in [7, 11) is 0. The van der Waals surface area contributed by atoms with Gasteiger partial charge in [0.2, 0.25) is 0 Å². The van der Waals surface area contributed by atoms with Gasteiger partial charge < -0.3 is 10.2 Å². The molecule has 1 heterocycles. The molecule has 1 aromatic rings. The molecule has 1 N–H and O–H groups in total. The largest absolute Gasteiger partial charge is 0.367 e. The van der Waals surface area contributed by atoms with Gasteiger partial charge in [-0.15, -0.1) is 0 Å². The second-order valence-electron chi connectivity index (χ2n) is 6.24. The highest BCUT2D eigenvalue weighted by Gasteiger charge is 2.35. The molecular weight excluding hydrogens is 232 g/mol. The lowest BCUT2D eigenvalue weighted by Gasteiger charge is -2.33. The van der Waals surface area contributed by atoms with E-state index in [9.17, 15) is 0 Å². The lowest BCUT2D eigenvalue weighted by molar-refractivity contribution is 0.447. The standard InChI is InChI=1S/C17H26N2/c1-3-6-13(2)19-12-16(14-9-10-14)18-11-15-7-4-5-8-17(15)19/h4-5,7-8,13-14,16,18H,3,6,9-12H2,1-2H3. The van der Waals surface area contributed by atoms with Crippen LogP contribution in [-0.2, 0) is 6.54 Å². The monoisotopic (exact) mass is 258 g/mol. The zero-order chi connectivity index (χ0) is 13.2. The van der Waals surface area contributed by atoms with Crippen molar-refractivity contribution >= 4 is 5.69 Å². The Hall–Kier alpha value is -1.02. The zero-order valence-corrected chi connectivity index (χ0v) is 12.2. The normalized spacial score (nSPS) is 24.7. The van der Waals surface area contributed by atoms with Gasteiger partial charge in [-0.1, -0.05) is 31.5 Å². The third kappa shape index (κ3) is 2.79. The topological polar surface area (TPSA) is 15.3 Å². The van der Waals surface area contributed by atoms with Gasteiger partial charge in [0.1, 0.15) is 0 Å². The van der Waals surface area contributed by atoms with E-state index >= 15 is 0 Å². The molecular formula is C17H26N2. The molecule has 0 radical (unpaired) electrons. The third-order valence-electron chi connectivity index (χ3n) is 4.68. The molecule has 104 valence electrons. The molecule has 1 aliphatic carbocycles. The SMILES string of the molecule is CCCC(C)N1CC(C2CC2)NCc2ccccc21. The smallest absolute Gasteiger partial charge is 0.0414 e. The minimum Gasteiger partial charge on any atom is -0.367 e. The van der Waals surface area contributed by atoms with Crippen LogP contribution in [0.3, 0.4) is 0 Å². The quantitative estimate of drug-likeness (QED) is 0.888. The molecule has 2 aliphatic rings. The number of nitrogens with zero attached hydrogens (tertiary/aromatic N) is 1. The van der Waals surface area contributed by atoms with Gasteiger partial charge >= 0.3 is 0 Å². The van der Waals surface area contributed by atoms with Gasteiger partial charge in [-0.25, -0.2) is 0 Å². The molecule has 19 heavy (non-hydrogen) atoms. The van der Waals surface area contributed by atoms with Crippen molar-refractivity contribution in [1.29, 1.82) is 0 Å². The highest BCUT2D eigenvalue weighted by atomic mass is 15.2. The van der Waals surface area contributed by atoms with E-state index in [1.807, 2.05) is 0 Å². The molecule has 0 saturated heterocycles. The number of para-hydroxylation sites is 1. The van der Waals surface area contributed by atoms with Crippen LogP contribution in [0.25, 0.3) is 0 Å². The number of benzene rings is 1. The van der Waals surface area contributed by atoms with Gasteiger partial charge in [0.15, 0.2) is 0 Å². The predicted molar refractivity (Wildman–Crippen MR) is 81.5 cm³/mol. The van der Waals surface area contributed by atoms with Crippen LogP contribution in [0.4, 0.5) is 5.69 Å². The van der Waals surface area contributed by atoms with E-state index in [-0.39, 0.29) is 0 Å². The highest BCUT2D eigenvalue weighted by molar-refractivity contribution is 5.55. The second-order valence-corrected chi connectivity index (χ2v) is 6.24. The molecule has 1 aliphatic heterocycles. The Balaban J connectivity index is 1.86. The van der Waals surface area contributed by atoms with Crippen molar-refractivity contribution in [1.82, 2.24) is 5.32 Å². The first kappa shape index (κ1) is 13.0. The average Bonchev–Trinajstić information content (AvgIpc) is 3.24. The maximum Gasteiger partial charge on any atom is 0.0414 e. The molecule has 2 unspecified atom stereocenters. The van der Waals surface area contributed by atoms with E-state index in [1.54, 1.807) is 0 Å². The van der Waals surface area contributed by atoms with Crippen LogP contribution in [0.2, 0.25) is 0 Å². The Labute approximate surface area is 117 Å². The fraction of sp³-hybridized carbons (Fsp3) is 0.647. The van der Waals surface area contributed by atoms with E-state index in [0.717, 1.165) is 12.5 Å². The van der Waals surface area contributed by atoms with Gasteiger partial charge in [0.25, 0.3) is 0 Å². The lowest BCUT2D eigenvalue weighted by Crippen LogP contribution is -2.43. The van der Waals surface area contributed by atoms with E-state index in [2.05, 4.69) is 48.3 Å². The van der Waals surface area contributed by atoms with Gasteiger partial charge in [-0.3, -0.25) is 0 Å². The average molecular weight is 258 g/mol. The van der Waals surface area contributed by atoms with E-state index in [0.29, 0.717) is 12.1 Å². The van der Waals surface area contributed by atoms with Gasteiger partial charge in [-0.05, 0) is 43.7 Å². The van der Waals surface area contributed by atoms with Gasteiger partial charge in [-0.2, -0.15) is 0 Å². The summed E-state index contributed by atoms with van der Waals surface area (Å²) >= 11 is 0. The van der Waals surface area contributed by atoms with Crippen molar-refractivity contribution in [3.8, 4) is 0 Å². The summed E-state index contributed by atoms with van der Waals surface area (Å²) in [5.41, 5.74) is 2.92. The fourth-order valence-corrected chi connectivity index (χ4v) is 3.36. The summed E-state index contributed by atoms with van der Waals surface area (Å²) in [6, 6.07) is 10.3. The summed E-state index contributed by atoms with van der Waals surface area (Å²) in [5.74, 6) is 0.922. The van der Waals surface area contributed by atoms with Gasteiger partial charge in [0, 0.05) is 30.9 Å². The van der Waals surface area contributed by atoms with E-state index in [4.69, 9.17) is 0 Å². The zero-order valence-electron chi connectivity index (χ0n) is 12.2. The first-order valence-electron chi connectivity index (χ1n) is 7.87. The Kier molecular flexibility index (Phi) is 3.79. The molecule has 2 nitrogen and oxygen atoms in total. The lowest BCUT2D eigenvalue weighted by atomic mass is 10.1. The number of anilines is 1. The maximum absolute atomic E-state index is 3.79. The summed E-state index contributed by atoms with van der Waals surface area (Å²) in [5, 5.41) is 3.79. The van der Waals surface area contributed by atoms with E-state index < -0.39 is 0 Å². The van der Waals surface area contributed by atoms with Crippen molar-refractivity contribution in [3.05, 3.63) is 29.8 Å². The summed E-state index contributed by atoms with van der Waals surface area (Å²) < 4.78 is 0. The summed E-state index contributed by atoms with van der Waals surface area (Å²) in [6.07, 6.45) is 5.39. The molecule has 1 saturated carbocycles. The maximum atomic E-state index is 3.79. The van der Waals surface area contributed by atoms with Crippen LogP contribution in [0.15, 0.2) is 24.3 Å². The Morgan fingerprint density at radius 3 is 2.84 bits per heavy atom. The van der Waals surface area contributed by atoms with Crippen LogP contribution < -0.4 is 10.2 Å². The second kappa shape index (κ2) is 5.54. The number of fused-ring (bicyclic) bond motifs is 1. The Bertz CT molecular complexity index is 425. The van der Waals surface area contributed by atoms with Crippen LogP contribution in [0.5, 0.6) is 0 Å². The predicted octanol–water partition coefficient (Wildman–Crippen LogP) is 3.56. The fourth-order valence-electron chi connectivity index (χ4n) is 3.36. The molecule has 2 heteroatoms. The van der Waals surface area contributed by atoms with Crippen molar-refractivity contribution < 1.29 is 0 Å². The first-order chi connectivity index (χ1) is 9.29.